The van der Waals surface area contributed by atoms with Gasteiger partial charge in [-0.05, 0) is 54.7 Å². The zero-order chi connectivity index (χ0) is 21.3. The molecule has 4 rings (SSSR count). The number of carbonyl (C=O) groups is 1. The van der Waals surface area contributed by atoms with Crippen LogP contribution in [0, 0.1) is 13.8 Å². The second-order valence-corrected chi connectivity index (χ2v) is 8.73. The van der Waals surface area contributed by atoms with E-state index in [0.717, 1.165) is 35.5 Å². The van der Waals surface area contributed by atoms with Crippen LogP contribution in [0.3, 0.4) is 0 Å². The molecule has 0 fully saturated rings. The van der Waals surface area contributed by atoms with E-state index in [0.29, 0.717) is 5.16 Å². The van der Waals surface area contributed by atoms with Crippen LogP contribution in [0.15, 0.2) is 47.6 Å². The molecular formula is C23H27N5OS. The highest BCUT2D eigenvalue weighted by Gasteiger charge is 2.37. The van der Waals surface area contributed by atoms with Crippen molar-refractivity contribution in [1.29, 1.82) is 0 Å². The number of amides is 1. The van der Waals surface area contributed by atoms with Gasteiger partial charge in [0.2, 0.25) is 11.1 Å². The summed E-state index contributed by atoms with van der Waals surface area (Å²) < 4.78 is 1.92. The Balaban J connectivity index is 1.66. The molecule has 1 aliphatic rings. The number of anilines is 1. The van der Waals surface area contributed by atoms with Gasteiger partial charge < -0.3 is 10.7 Å². The molecule has 1 aromatic heterocycles. The van der Waals surface area contributed by atoms with Crippen molar-refractivity contribution in [2.75, 3.05) is 10.7 Å². The van der Waals surface area contributed by atoms with E-state index in [1.807, 2.05) is 29.8 Å². The van der Waals surface area contributed by atoms with E-state index >= 15 is 0 Å². The maximum Gasteiger partial charge on any atom is 0.240 e. The zero-order valence-electron chi connectivity index (χ0n) is 17.8. The summed E-state index contributed by atoms with van der Waals surface area (Å²) in [7, 11) is 0. The van der Waals surface area contributed by atoms with Gasteiger partial charge >= 0.3 is 0 Å². The molecule has 0 spiro atoms. The van der Waals surface area contributed by atoms with Crippen LogP contribution in [-0.4, -0.2) is 26.0 Å². The second-order valence-electron chi connectivity index (χ2n) is 7.62. The van der Waals surface area contributed by atoms with Gasteiger partial charge in [-0.15, -0.1) is 10.2 Å². The highest BCUT2D eigenvalue weighted by atomic mass is 32.2. The lowest BCUT2D eigenvalue weighted by Gasteiger charge is -2.33. The number of hydrogen-bond donors (Lipinski definition) is 2. The van der Waals surface area contributed by atoms with E-state index in [-0.39, 0.29) is 17.2 Å². The molecule has 7 heteroatoms. The van der Waals surface area contributed by atoms with Crippen LogP contribution in [0.25, 0.3) is 0 Å². The van der Waals surface area contributed by atoms with Gasteiger partial charge in [0.25, 0.3) is 0 Å². The van der Waals surface area contributed by atoms with Crippen LogP contribution in [0.1, 0.15) is 48.0 Å². The monoisotopic (exact) mass is 421 g/mol. The fourth-order valence-electron chi connectivity index (χ4n) is 3.57. The van der Waals surface area contributed by atoms with Crippen molar-refractivity contribution in [1.82, 2.24) is 14.9 Å². The average molecular weight is 422 g/mol. The lowest BCUT2D eigenvalue weighted by atomic mass is 10.0. The number of nitrogens with zero attached hydrogens (tertiary/aromatic N) is 3. The highest BCUT2D eigenvalue weighted by molar-refractivity contribution is 8.00. The zero-order valence-corrected chi connectivity index (χ0v) is 18.6. The highest BCUT2D eigenvalue weighted by Crippen LogP contribution is 2.37. The van der Waals surface area contributed by atoms with Gasteiger partial charge in [-0.1, -0.05) is 55.9 Å². The second kappa shape index (κ2) is 8.52. The maximum absolute atomic E-state index is 13.3. The fourth-order valence-corrected chi connectivity index (χ4v) is 4.67. The Morgan fingerprint density at radius 2 is 1.83 bits per heavy atom. The Bertz CT molecular complexity index is 1060. The third-order valence-electron chi connectivity index (χ3n) is 5.60. The Kier molecular flexibility index (Phi) is 5.81. The minimum atomic E-state index is -0.375. The van der Waals surface area contributed by atoms with E-state index in [1.165, 1.54) is 22.9 Å². The molecule has 2 N–H and O–H groups in total. The van der Waals surface area contributed by atoms with E-state index < -0.39 is 0 Å². The number of hydrogen-bond acceptors (Lipinski definition) is 5. The standard InChI is InChI=1S/C23H27N5OS/c1-5-16-8-10-17(11-9-16)20-21(30-23-26-25-19(6-2)28(23)27-20)22(29)24-18-12-7-14(3)15(4)13-18/h7-13,20-21,27H,5-6H2,1-4H3,(H,24,29). The van der Waals surface area contributed by atoms with E-state index in [1.54, 1.807) is 0 Å². The van der Waals surface area contributed by atoms with Gasteiger partial charge in [-0.2, -0.15) is 0 Å². The fraction of sp³-hybridized carbons (Fsp3) is 0.348. The number of fused-ring (bicyclic) bond motifs is 1. The lowest BCUT2D eigenvalue weighted by Crippen LogP contribution is -2.41. The number of benzene rings is 2. The molecule has 2 aromatic carbocycles. The Labute approximate surface area is 181 Å². The molecule has 3 aromatic rings. The number of aryl methyl sites for hydroxylation is 4. The molecular weight excluding hydrogens is 394 g/mol. The van der Waals surface area contributed by atoms with E-state index in [4.69, 9.17) is 0 Å². The van der Waals surface area contributed by atoms with Crippen LogP contribution in [0.5, 0.6) is 0 Å². The largest absolute Gasteiger partial charge is 0.325 e. The summed E-state index contributed by atoms with van der Waals surface area (Å²) in [5.41, 5.74) is 9.01. The summed E-state index contributed by atoms with van der Waals surface area (Å²) in [5.74, 6) is 0.813. The smallest absolute Gasteiger partial charge is 0.240 e. The van der Waals surface area contributed by atoms with Gasteiger partial charge in [0.15, 0.2) is 5.82 Å². The minimum Gasteiger partial charge on any atom is -0.325 e. The molecule has 1 aliphatic heterocycles. The molecule has 156 valence electrons. The molecule has 0 saturated heterocycles. The van der Waals surface area contributed by atoms with Gasteiger partial charge in [-0.3, -0.25) is 4.79 Å². The summed E-state index contributed by atoms with van der Waals surface area (Å²) in [4.78, 5) is 13.3. The third-order valence-corrected chi connectivity index (χ3v) is 6.82. The summed E-state index contributed by atoms with van der Waals surface area (Å²) in [6.45, 7) is 8.30. The first-order valence-corrected chi connectivity index (χ1v) is 11.2. The van der Waals surface area contributed by atoms with Crippen molar-refractivity contribution in [2.45, 2.75) is 57.0 Å². The van der Waals surface area contributed by atoms with E-state index in [2.05, 4.69) is 66.0 Å². The number of thioether (sulfide) groups is 1. The van der Waals surface area contributed by atoms with Crippen LogP contribution in [0.4, 0.5) is 5.69 Å². The molecule has 2 atom stereocenters. The van der Waals surface area contributed by atoms with Gasteiger partial charge in [0.1, 0.15) is 5.25 Å². The first-order chi connectivity index (χ1) is 14.5. The molecule has 0 saturated carbocycles. The third kappa shape index (κ3) is 3.94. The Hall–Kier alpha value is -2.80. The molecule has 6 nitrogen and oxygen atoms in total. The van der Waals surface area contributed by atoms with Crippen molar-refractivity contribution in [3.8, 4) is 0 Å². The Morgan fingerprint density at radius 1 is 1.07 bits per heavy atom. The molecule has 0 bridgehead atoms. The minimum absolute atomic E-state index is 0.0485. The predicted octanol–water partition coefficient (Wildman–Crippen LogP) is 4.42. The van der Waals surface area contributed by atoms with Crippen LogP contribution in [0.2, 0.25) is 0 Å². The van der Waals surface area contributed by atoms with Crippen LogP contribution in [-0.2, 0) is 17.6 Å². The van der Waals surface area contributed by atoms with Crippen LogP contribution >= 0.6 is 11.8 Å². The molecule has 30 heavy (non-hydrogen) atoms. The van der Waals surface area contributed by atoms with Gasteiger partial charge in [0.05, 0.1) is 6.04 Å². The number of nitrogens with one attached hydrogen (secondary N) is 2. The van der Waals surface area contributed by atoms with Crippen molar-refractivity contribution in [2.24, 2.45) is 0 Å². The molecule has 0 aliphatic carbocycles. The van der Waals surface area contributed by atoms with E-state index in [9.17, 15) is 4.79 Å². The van der Waals surface area contributed by atoms with Crippen LogP contribution < -0.4 is 10.7 Å². The summed E-state index contributed by atoms with van der Waals surface area (Å²) in [5, 5.41) is 12.0. The van der Waals surface area contributed by atoms with Crippen molar-refractivity contribution < 1.29 is 4.79 Å². The lowest BCUT2D eigenvalue weighted by molar-refractivity contribution is -0.116. The molecule has 1 amide bonds. The summed E-state index contributed by atoms with van der Waals surface area (Å²) in [6.07, 6.45) is 1.75. The topological polar surface area (TPSA) is 71.8 Å². The summed E-state index contributed by atoms with van der Waals surface area (Å²) >= 11 is 1.46. The normalized spacial score (nSPS) is 17.9. The average Bonchev–Trinajstić information content (AvgIpc) is 3.17. The molecule has 2 unspecified atom stereocenters. The summed E-state index contributed by atoms with van der Waals surface area (Å²) in [6, 6.07) is 14.3. The van der Waals surface area contributed by atoms with Crippen molar-refractivity contribution in [3.05, 3.63) is 70.5 Å². The number of carbonyl (C=O) groups excluding carboxylic acids is 1. The number of rotatable bonds is 5. The maximum atomic E-state index is 13.3. The predicted molar refractivity (Wildman–Crippen MR) is 122 cm³/mol. The van der Waals surface area contributed by atoms with Gasteiger partial charge in [0, 0.05) is 12.1 Å². The first kappa shape index (κ1) is 20.5. The molecule has 0 radical (unpaired) electrons. The first-order valence-electron chi connectivity index (χ1n) is 10.3. The Morgan fingerprint density at radius 3 is 2.50 bits per heavy atom. The molecule has 2 heterocycles. The quantitative estimate of drug-likeness (QED) is 0.638. The van der Waals surface area contributed by atoms with Crippen molar-refractivity contribution in [3.63, 3.8) is 0 Å². The number of aromatic nitrogens is 3. The SMILES string of the molecule is CCc1ccc(C2Nn3c(CC)nnc3SC2C(=O)Nc2ccc(C)c(C)c2)cc1. The van der Waals surface area contributed by atoms with Gasteiger partial charge in [-0.25, -0.2) is 4.68 Å². The van der Waals surface area contributed by atoms with Crippen molar-refractivity contribution >= 4 is 23.4 Å².